The molecule has 0 aromatic carbocycles. The van der Waals surface area contributed by atoms with E-state index in [0.29, 0.717) is 0 Å². The van der Waals surface area contributed by atoms with Crippen LogP contribution in [0.1, 0.15) is 39.5 Å². The van der Waals surface area contributed by atoms with E-state index in [1.54, 1.807) is 0 Å². The number of nitrogens with one attached hydrogen (secondary N) is 2. The van der Waals surface area contributed by atoms with Crippen molar-refractivity contribution in [1.29, 1.82) is 0 Å². The van der Waals surface area contributed by atoms with Crippen LogP contribution in [0.25, 0.3) is 0 Å². The monoisotopic (exact) mass is 234 g/mol. The van der Waals surface area contributed by atoms with Crippen molar-refractivity contribution < 1.29 is 10.2 Å². The largest absolute Gasteiger partial charge is 0.379 e. The van der Waals surface area contributed by atoms with E-state index in [1.807, 2.05) is 26.9 Å². The van der Waals surface area contributed by atoms with Crippen molar-refractivity contribution in [2.45, 2.75) is 65.1 Å². The lowest BCUT2D eigenvalue weighted by atomic mass is 10.3. The zero-order valence-electron chi connectivity index (χ0n) is 10.4. The fourth-order valence-electron chi connectivity index (χ4n) is 1.57. The van der Waals surface area contributed by atoms with Gasteiger partial charge in [-0.3, -0.25) is 0 Å². The summed E-state index contributed by atoms with van der Waals surface area (Å²) in [6, 6.07) is 0. The second-order valence-electron chi connectivity index (χ2n) is 4.52. The molecule has 0 aromatic heterocycles. The van der Waals surface area contributed by atoms with E-state index in [4.69, 9.17) is 0 Å². The van der Waals surface area contributed by atoms with Gasteiger partial charge in [-0.1, -0.05) is 26.7 Å². The first-order valence-electron chi connectivity index (χ1n) is 5.82. The molecular formula is C10H26N2O2Si. The lowest BCUT2D eigenvalue weighted by molar-refractivity contribution is 0.134. The number of hydrogen-bond acceptors (Lipinski definition) is 4. The standard InChI is InChI=1S/C10H26N2O2Si/c1-5-7-9(13)11-15(3,4)12-10(14)8-6-2/h9-14H,5-8H2,1-4H3. The molecule has 15 heavy (non-hydrogen) atoms. The van der Waals surface area contributed by atoms with E-state index in [0.717, 1.165) is 25.7 Å². The topological polar surface area (TPSA) is 64.5 Å². The second-order valence-corrected chi connectivity index (χ2v) is 8.35. The smallest absolute Gasteiger partial charge is 0.199 e. The summed E-state index contributed by atoms with van der Waals surface area (Å²) in [6.07, 6.45) is 2.49. The molecule has 2 unspecified atom stereocenters. The van der Waals surface area contributed by atoms with Crippen LogP contribution in [-0.2, 0) is 0 Å². The molecule has 0 aliphatic rings. The van der Waals surface area contributed by atoms with Gasteiger partial charge in [0.05, 0.1) is 12.5 Å². The number of aliphatic hydroxyl groups excluding tert-OH is 2. The van der Waals surface area contributed by atoms with Gasteiger partial charge in [-0.25, -0.2) is 0 Å². The van der Waals surface area contributed by atoms with Crippen molar-refractivity contribution in [2.24, 2.45) is 0 Å². The lowest BCUT2D eigenvalue weighted by Crippen LogP contribution is -2.63. The maximum atomic E-state index is 9.63. The van der Waals surface area contributed by atoms with E-state index in [-0.39, 0.29) is 0 Å². The highest BCUT2D eigenvalue weighted by Crippen LogP contribution is 2.02. The van der Waals surface area contributed by atoms with Crippen molar-refractivity contribution in [3.63, 3.8) is 0 Å². The van der Waals surface area contributed by atoms with Gasteiger partial charge in [0.15, 0.2) is 8.40 Å². The van der Waals surface area contributed by atoms with Crippen molar-refractivity contribution in [2.75, 3.05) is 0 Å². The number of hydrogen-bond donors (Lipinski definition) is 4. The zero-order chi connectivity index (χ0) is 11.9. The summed E-state index contributed by atoms with van der Waals surface area (Å²) in [4.78, 5) is 6.34. The van der Waals surface area contributed by atoms with Gasteiger partial charge >= 0.3 is 0 Å². The minimum absolute atomic E-state index is 0.460. The third-order valence-electron chi connectivity index (χ3n) is 2.18. The van der Waals surface area contributed by atoms with E-state index >= 15 is 0 Å². The Bertz CT molecular complexity index is 152. The third kappa shape index (κ3) is 7.93. The first-order chi connectivity index (χ1) is 6.91. The molecule has 0 spiro atoms. The maximum Gasteiger partial charge on any atom is 0.199 e. The van der Waals surface area contributed by atoms with Crippen LogP contribution in [0.5, 0.6) is 0 Å². The lowest BCUT2D eigenvalue weighted by Gasteiger charge is -2.30. The van der Waals surface area contributed by atoms with Gasteiger partial charge in [-0.05, 0) is 25.9 Å². The van der Waals surface area contributed by atoms with Gasteiger partial charge in [-0.15, -0.1) is 0 Å². The molecule has 0 heterocycles. The molecule has 0 aliphatic carbocycles. The van der Waals surface area contributed by atoms with E-state index in [2.05, 4.69) is 9.96 Å². The molecule has 0 aliphatic heterocycles. The van der Waals surface area contributed by atoms with Crippen LogP contribution < -0.4 is 9.96 Å². The van der Waals surface area contributed by atoms with Gasteiger partial charge in [0.25, 0.3) is 0 Å². The molecule has 4 N–H and O–H groups in total. The first kappa shape index (κ1) is 15.1. The Balaban J connectivity index is 3.94. The summed E-state index contributed by atoms with van der Waals surface area (Å²) in [5.74, 6) is 0. The molecule has 0 saturated heterocycles. The van der Waals surface area contributed by atoms with Crippen molar-refractivity contribution in [1.82, 2.24) is 9.96 Å². The van der Waals surface area contributed by atoms with Crippen LogP contribution in [-0.4, -0.2) is 31.1 Å². The highest BCUT2D eigenvalue weighted by Gasteiger charge is 2.25. The molecule has 0 fully saturated rings. The van der Waals surface area contributed by atoms with Crippen LogP contribution in [0.15, 0.2) is 0 Å². The SMILES string of the molecule is CCCC(O)N[Si](C)(C)NC(O)CCC. The number of aliphatic hydroxyl groups is 2. The van der Waals surface area contributed by atoms with Gasteiger partial charge in [0.2, 0.25) is 0 Å². The summed E-state index contributed by atoms with van der Waals surface area (Å²) >= 11 is 0. The average Bonchev–Trinajstić information content (AvgIpc) is 2.01. The predicted molar refractivity (Wildman–Crippen MR) is 65.6 cm³/mol. The zero-order valence-corrected chi connectivity index (χ0v) is 11.4. The molecule has 2 atom stereocenters. The Kier molecular flexibility index (Phi) is 7.38. The van der Waals surface area contributed by atoms with Crippen LogP contribution >= 0.6 is 0 Å². The summed E-state index contributed by atoms with van der Waals surface area (Å²) in [7, 11) is -1.90. The highest BCUT2D eigenvalue weighted by atomic mass is 28.3. The van der Waals surface area contributed by atoms with Crippen LogP contribution in [0.2, 0.25) is 13.1 Å². The van der Waals surface area contributed by atoms with Crippen LogP contribution in [0.4, 0.5) is 0 Å². The third-order valence-corrected chi connectivity index (χ3v) is 4.29. The number of rotatable bonds is 8. The second kappa shape index (κ2) is 7.35. The van der Waals surface area contributed by atoms with Gasteiger partial charge in [0, 0.05) is 0 Å². The van der Waals surface area contributed by atoms with Crippen molar-refractivity contribution >= 4 is 8.40 Å². The first-order valence-corrected chi connectivity index (χ1v) is 8.82. The molecule has 5 heteroatoms. The van der Waals surface area contributed by atoms with E-state index < -0.39 is 20.9 Å². The Hall–Kier alpha value is 0.0569. The van der Waals surface area contributed by atoms with E-state index in [1.165, 1.54) is 0 Å². The summed E-state index contributed by atoms with van der Waals surface area (Å²) in [5, 5.41) is 19.3. The minimum Gasteiger partial charge on any atom is -0.379 e. The average molecular weight is 234 g/mol. The molecular weight excluding hydrogens is 208 g/mol. The Morgan fingerprint density at radius 2 is 1.27 bits per heavy atom. The van der Waals surface area contributed by atoms with Crippen LogP contribution in [0.3, 0.4) is 0 Å². The fourth-order valence-corrected chi connectivity index (χ4v) is 3.60. The quantitative estimate of drug-likeness (QED) is 0.375. The molecule has 4 nitrogen and oxygen atoms in total. The molecule has 0 radical (unpaired) electrons. The van der Waals surface area contributed by atoms with Crippen molar-refractivity contribution in [3.8, 4) is 0 Å². The summed E-state index contributed by atoms with van der Waals surface area (Å²) in [5.41, 5.74) is 0. The normalized spacial score (nSPS) is 16.4. The molecule has 0 saturated carbocycles. The Morgan fingerprint density at radius 1 is 0.933 bits per heavy atom. The highest BCUT2D eigenvalue weighted by molar-refractivity contribution is 6.72. The summed E-state index contributed by atoms with van der Waals surface area (Å²) in [6.45, 7) is 8.17. The van der Waals surface area contributed by atoms with Crippen molar-refractivity contribution in [3.05, 3.63) is 0 Å². The predicted octanol–water partition coefficient (Wildman–Crippen LogP) is 1.10. The minimum atomic E-state index is -1.90. The fraction of sp³-hybridized carbons (Fsp3) is 1.00. The maximum absolute atomic E-state index is 9.63. The van der Waals surface area contributed by atoms with Gasteiger partial charge in [-0.2, -0.15) is 0 Å². The van der Waals surface area contributed by atoms with Gasteiger partial charge < -0.3 is 20.2 Å². The Labute approximate surface area is 94.3 Å². The summed E-state index contributed by atoms with van der Waals surface area (Å²) < 4.78 is 0. The Morgan fingerprint density at radius 3 is 1.53 bits per heavy atom. The molecule has 0 rings (SSSR count). The van der Waals surface area contributed by atoms with Crippen LogP contribution in [0, 0.1) is 0 Å². The molecule has 0 amide bonds. The molecule has 92 valence electrons. The van der Waals surface area contributed by atoms with E-state index in [9.17, 15) is 10.2 Å². The molecule has 0 bridgehead atoms. The molecule has 0 aromatic rings. The van der Waals surface area contributed by atoms with Gasteiger partial charge in [0.1, 0.15) is 0 Å².